The summed E-state index contributed by atoms with van der Waals surface area (Å²) in [6.45, 7) is 2.07. The highest BCUT2D eigenvalue weighted by Gasteiger charge is 2.21. The van der Waals surface area contributed by atoms with Gasteiger partial charge >= 0.3 is 0 Å². The molecule has 0 saturated carbocycles. The largest absolute Gasteiger partial charge is 0.456 e. The number of aromatic nitrogens is 2. The Bertz CT molecular complexity index is 2880. The molecule has 0 atom stereocenters. The van der Waals surface area contributed by atoms with E-state index in [1.165, 1.54) is 54.9 Å². The molecule has 0 aliphatic carbocycles. The molecular weight excluding hydrogens is 597 g/mol. The maximum absolute atomic E-state index is 6.40. The second-order valence-electron chi connectivity index (χ2n) is 12.7. The summed E-state index contributed by atoms with van der Waals surface area (Å²) in [6.07, 6.45) is 0. The van der Waals surface area contributed by atoms with Gasteiger partial charge in [0, 0.05) is 16.5 Å². The Morgan fingerprint density at radius 2 is 1.12 bits per heavy atom. The van der Waals surface area contributed by atoms with Gasteiger partial charge in [-0.15, -0.1) is 0 Å². The average Bonchev–Trinajstić information content (AvgIpc) is 3.71. The van der Waals surface area contributed by atoms with Crippen molar-refractivity contribution in [3.63, 3.8) is 0 Å². The predicted molar refractivity (Wildman–Crippen MR) is 204 cm³/mol. The number of fused-ring (bicyclic) bond motifs is 6. The zero-order chi connectivity index (χ0) is 32.5. The first-order chi connectivity index (χ1) is 24.2. The van der Waals surface area contributed by atoms with Crippen molar-refractivity contribution in [2.24, 2.45) is 0 Å². The third kappa shape index (κ3) is 4.26. The summed E-state index contributed by atoms with van der Waals surface area (Å²) in [5, 5.41) is 7.15. The van der Waals surface area contributed by atoms with Crippen LogP contribution in [0.2, 0.25) is 0 Å². The van der Waals surface area contributed by atoms with Gasteiger partial charge in [-0.2, -0.15) is 0 Å². The van der Waals surface area contributed by atoms with Crippen LogP contribution in [0.15, 0.2) is 168 Å². The minimum absolute atomic E-state index is 0.900. The highest BCUT2D eigenvalue weighted by Crippen LogP contribution is 2.47. The molecule has 49 heavy (non-hydrogen) atoms. The third-order valence-electron chi connectivity index (χ3n) is 9.95. The molecule has 3 nitrogen and oxygen atoms in total. The Labute approximate surface area is 283 Å². The van der Waals surface area contributed by atoms with Crippen molar-refractivity contribution >= 4 is 54.5 Å². The maximum atomic E-state index is 6.40. The van der Waals surface area contributed by atoms with E-state index >= 15 is 0 Å². The Hall–Kier alpha value is -6.45. The Balaban J connectivity index is 1.28. The van der Waals surface area contributed by atoms with Crippen molar-refractivity contribution in [2.45, 2.75) is 6.92 Å². The number of rotatable bonds is 4. The summed E-state index contributed by atoms with van der Waals surface area (Å²) in [6, 6.07) is 58.6. The van der Waals surface area contributed by atoms with Gasteiger partial charge in [-0.3, -0.25) is 4.57 Å². The number of hydrogen-bond acceptors (Lipinski definition) is 2. The summed E-state index contributed by atoms with van der Waals surface area (Å²) in [5.74, 6) is 0.976. The second kappa shape index (κ2) is 10.8. The number of furan rings is 1. The third-order valence-corrected chi connectivity index (χ3v) is 9.95. The molecule has 0 amide bonds. The average molecular weight is 627 g/mol. The molecule has 8 aromatic carbocycles. The van der Waals surface area contributed by atoms with Gasteiger partial charge in [-0.1, -0.05) is 121 Å². The highest BCUT2D eigenvalue weighted by molar-refractivity contribution is 6.26. The van der Waals surface area contributed by atoms with Crippen molar-refractivity contribution in [3.05, 3.63) is 170 Å². The van der Waals surface area contributed by atoms with E-state index in [1.807, 2.05) is 12.1 Å². The van der Waals surface area contributed by atoms with Crippen LogP contribution in [0.5, 0.6) is 0 Å². The van der Waals surface area contributed by atoms with Crippen LogP contribution in [0, 0.1) is 6.92 Å². The van der Waals surface area contributed by atoms with Gasteiger partial charge in [-0.25, -0.2) is 4.98 Å². The zero-order valence-corrected chi connectivity index (χ0v) is 26.9. The first kappa shape index (κ1) is 27.6. The normalized spacial score (nSPS) is 11.8. The Morgan fingerprint density at radius 1 is 0.469 bits per heavy atom. The fourth-order valence-electron chi connectivity index (χ4n) is 7.82. The maximum Gasteiger partial charge on any atom is 0.136 e. The number of aryl methyl sites for hydroxylation is 1. The summed E-state index contributed by atoms with van der Waals surface area (Å²) < 4.78 is 8.63. The number of hydrogen-bond donors (Lipinski definition) is 0. The molecule has 0 N–H and O–H groups in total. The summed E-state index contributed by atoms with van der Waals surface area (Å²) >= 11 is 0. The topological polar surface area (TPSA) is 31.0 Å². The molecule has 0 aliphatic heterocycles. The van der Waals surface area contributed by atoms with E-state index in [-0.39, 0.29) is 0 Å². The summed E-state index contributed by atoms with van der Waals surface area (Å²) in [7, 11) is 0. The number of benzene rings is 8. The molecule has 0 unspecified atom stereocenters. The van der Waals surface area contributed by atoms with Gasteiger partial charge in [0.1, 0.15) is 17.0 Å². The molecule has 3 heteroatoms. The molecular formula is C46H30N2O. The van der Waals surface area contributed by atoms with Gasteiger partial charge in [-0.05, 0) is 104 Å². The molecule has 0 spiro atoms. The quantitative estimate of drug-likeness (QED) is 0.182. The van der Waals surface area contributed by atoms with Crippen molar-refractivity contribution in [3.8, 4) is 39.1 Å². The van der Waals surface area contributed by atoms with Crippen molar-refractivity contribution in [2.75, 3.05) is 0 Å². The predicted octanol–water partition coefficient (Wildman–Crippen LogP) is 12.5. The van der Waals surface area contributed by atoms with Crippen LogP contribution in [-0.4, -0.2) is 9.55 Å². The SMILES string of the molecule is Cc1nc2ccccc2n1-c1ccc(-c2c3ccccc3c(-c3cccc4oc5ccccc5c34)c3cc(-c4ccccc4)ccc23)cc1. The second-order valence-corrected chi connectivity index (χ2v) is 12.7. The van der Waals surface area contributed by atoms with Crippen LogP contribution in [0.3, 0.4) is 0 Å². The van der Waals surface area contributed by atoms with Crippen LogP contribution in [0.1, 0.15) is 5.82 Å². The molecule has 0 radical (unpaired) electrons. The van der Waals surface area contributed by atoms with E-state index in [2.05, 4.69) is 163 Å². The molecule has 0 bridgehead atoms. The van der Waals surface area contributed by atoms with Crippen molar-refractivity contribution in [1.82, 2.24) is 9.55 Å². The Morgan fingerprint density at radius 3 is 1.96 bits per heavy atom. The van der Waals surface area contributed by atoms with Crippen molar-refractivity contribution < 1.29 is 4.42 Å². The molecule has 0 aliphatic rings. The van der Waals surface area contributed by atoms with E-state index in [1.54, 1.807) is 0 Å². The Kier molecular flexibility index (Phi) is 6.09. The molecule has 2 heterocycles. The first-order valence-corrected chi connectivity index (χ1v) is 16.7. The smallest absolute Gasteiger partial charge is 0.136 e. The minimum Gasteiger partial charge on any atom is -0.456 e. The highest BCUT2D eigenvalue weighted by atomic mass is 16.3. The number of nitrogens with zero attached hydrogens (tertiary/aromatic N) is 2. The lowest BCUT2D eigenvalue weighted by molar-refractivity contribution is 0.669. The molecule has 10 rings (SSSR count). The zero-order valence-electron chi connectivity index (χ0n) is 26.9. The number of imidazole rings is 1. The van der Waals surface area contributed by atoms with Gasteiger partial charge in [0.2, 0.25) is 0 Å². The van der Waals surface area contributed by atoms with Gasteiger partial charge in [0.15, 0.2) is 0 Å². The van der Waals surface area contributed by atoms with E-state index in [0.717, 1.165) is 44.5 Å². The standard InChI is InChI=1S/C46H30N2O/c1-29-47-40-18-8-9-19-41(40)48(29)33-25-22-31(23-26-33)44-34-14-5-6-15-35(34)45(39-28-32(24-27-36(39)44)30-12-3-2-4-13-30)38-17-11-21-43-46(38)37-16-7-10-20-42(37)49-43/h2-28H,1H3. The first-order valence-electron chi connectivity index (χ1n) is 16.7. The van der Waals surface area contributed by atoms with E-state index < -0.39 is 0 Å². The van der Waals surface area contributed by atoms with E-state index in [0.29, 0.717) is 0 Å². The van der Waals surface area contributed by atoms with E-state index in [9.17, 15) is 0 Å². The van der Waals surface area contributed by atoms with Gasteiger partial charge < -0.3 is 4.42 Å². The fourth-order valence-corrected chi connectivity index (χ4v) is 7.82. The van der Waals surface area contributed by atoms with Crippen molar-refractivity contribution in [1.29, 1.82) is 0 Å². The molecule has 0 saturated heterocycles. The molecule has 2 aromatic heterocycles. The lowest BCUT2D eigenvalue weighted by Gasteiger charge is -2.19. The van der Waals surface area contributed by atoms with Gasteiger partial charge in [0.25, 0.3) is 0 Å². The fraction of sp³-hybridized carbons (Fsp3) is 0.0217. The number of para-hydroxylation sites is 3. The van der Waals surface area contributed by atoms with E-state index in [4.69, 9.17) is 9.40 Å². The van der Waals surface area contributed by atoms with Crippen LogP contribution < -0.4 is 0 Å². The molecule has 230 valence electrons. The lowest BCUT2D eigenvalue weighted by Crippen LogP contribution is -1.97. The van der Waals surface area contributed by atoms with Gasteiger partial charge in [0.05, 0.1) is 11.0 Å². The summed E-state index contributed by atoms with van der Waals surface area (Å²) in [5.41, 5.74) is 12.2. The van der Waals surface area contributed by atoms with Crippen LogP contribution in [0.25, 0.3) is 93.6 Å². The molecule has 10 aromatic rings. The summed E-state index contributed by atoms with van der Waals surface area (Å²) in [4.78, 5) is 4.82. The van der Waals surface area contributed by atoms with Crippen LogP contribution in [-0.2, 0) is 0 Å². The van der Waals surface area contributed by atoms with Crippen LogP contribution in [0.4, 0.5) is 0 Å². The monoisotopic (exact) mass is 626 g/mol. The van der Waals surface area contributed by atoms with Crippen LogP contribution >= 0.6 is 0 Å². The molecule has 0 fully saturated rings. The lowest BCUT2D eigenvalue weighted by atomic mass is 9.84. The minimum atomic E-state index is 0.900.